The maximum absolute atomic E-state index is 12.0. The van der Waals surface area contributed by atoms with Gasteiger partial charge < -0.3 is 15.7 Å². The molecule has 1 rings (SSSR count). The van der Waals surface area contributed by atoms with E-state index < -0.39 is 5.60 Å². The second kappa shape index (κ2) is 5.41. The molecule has 6 heteroatoms. The Morgan fingerprint density at radius 1 is 1.56 bits per heavy atom. The molecule has 0 saturated carbocycles. The summed E-state index contributed by atoms with van der Waals surface area (Å²) >= 11 is 4.80. The van der Waals surface area contributed by atoms with Crippen molar-refractivity contribution in [1.82, 2.24) is 9.88 Å². The summed E-state index contributed by atoms with van der Waals surface area (Å²) in [6.45, 7) is 3.50. The number of carbonyl (C=O) groups is 1. The molecular formula is C12H17N3O2S. The lowest BCUT2D eigenvalue weighted by Gasteiger charge is -2.25. The number of pyridine rings is 1. The van der Waals surface area contributed by atoms with Crippen LogP contribution in [-0.2, 0) is 0 Å². The third-order valence-electron chi connectivity index (χ3n) is 2.24. The predicted molar refractivity (Wildman–Crippen MR) is 73.4 cm³/mol. The molecule has 1 aromatic rings. The highest BCUT2D eigenvalue weighted by Crippen LogP contribution is 2.08. The Morgan fingerprint density at radius 3 is 2.56 bits per heavy atom. The second-order valence-electron chi connectivity index (χ2n) is 4.77. The molecule has 0 aliphatic heterocycles. The van der Waals surface area contributed by atoms with Gasteiger partial charge in [0.1, 0.15) is 10.7 Å². The van der Waals surface area contributed by atoms with Crippen molar-refractivity contribution in [3.63, 3.8) is 0 Å². The van der Waals surface area contributed by atoms with Gasteiger partial charge in [0.25, 0.3) is 5.91 Å². The summed E-state index contributed by atoms with van der Waals surface area (Å²) in [6.07, 6.45) is 1.47. The maximum atomic E-state index is 12.0. The van der Waals surface area contributed by atoms with Crippen molar-refractivity contribution in [2.24, 2.45) is 5.73 Å². The van der Waals surface area contributed by atoms with Crippen molar-refractivity contribution >= 4 is 23.1 Å². The van der Waals surface area contributed by atoms with E-state index in [1.54, 1.807) is 33.0 Å². The third-order valence-corrected chi connectivity index (χ3v) is 2.47. The normalized spacial score (nSPS) is 11.1. The zero-order valence-electron chi connectivity index (χ0n) is 10.7. The zero-order valence-corrected chi connectivity index (χ0v) is 11.5. The first kappa shape index (κ1) is 14.5. The largest absolute Gasteiger partial charge is 0.389 e. The van der Waals surface area contributed by atoms with Crippen LogP contribution in [0, 0.1) is 0 Å². The number of aromatic nitrogens is 1. The van der Waals surface area contributed by atoms with Gasteiger partial charge in [-0.2, -0.15) is 0 Å². The Morgan fingerprint density at radius 2 is 2.17 bits per heavy atom. The van der Waals surface area contributed by atoms with Crippen molar-refractivity contribution in [3.8, 4) is 0 Å². The van der Waals surface area contributed by atoms with E-state index in [0.29, 0.717) is 11.3 Å². The van der Waals surface area contributed by atoms with Crippen molar-refractivity contribution in [2.75, 3.05) is 13.6 Å². The minimum atomic E-state index is -0.941. The molecule has 1 heterocycles. The minimum Gasteiger partial charge on any atom is -0.389 e. The number of nitrogens with zero attached hydrogens (tertiary/aromatic N) is 2. The van der Waals surface area contributed by atoms with Crippen LogP contribution in [0.25, 0.3) is 0 Å². The number of carbonyl (C=O) groups excluding carboxylic acids is 1. The van der Waals surface area contributed by atoms with Gasteiger partial charge in [-0.1, -0.05) is 12.2 Å². The molecular weight excluding hydrogens is 250 g/mol. The fourth-order valence-electron chi connectivity index (χ4n) is 1.51. The smallest absolute Gasteiger partial charge is 0.272 e. The average molecular weight is 267 g/mol. The highest BCUT2D eigenvalue weighted by atomic mass is 32.1. The van der Waals surface area contributed by atoms with Crippen LogP contribution in [0.5, 0.6) is 0 Å². The van der Waals surface area contributed by atoms with Crippen molar-refractivity contribution in [1.29, 1.82) is 0 Å². The highest BCUT2D eigenvalue weighted by molar-refractivity contribution is 7.80. The number of aliphatic hydroxyl groups is 1. The summed E-state index contributed by atoms with van der Waals surface area (Å²) in [6, 6.07) is 3.22. The molecule has 18 heavy (non-hydrogen) atoms. The predicted octanol–water partition coefficient (Wildman–Crippen LogP) is 0.559. The van der Waals surface area contributed by atoms with Crippen LogP contribution in [0.3, 0.4) is 0 Å². The van der Waals surface area contributed by atoms with Crippen LogP contribution < -0.4 is 5.73 Å². The number of thiocarbonyl (C=S) groups is 1. The Hall–Kier alpha value is -1.53. The van der Waals surface area contributed by atoms with Crippen molar-refractivity contribution in [2.45, 2.75) is 19.4 Å². The lowest BCUT2D eigenvalue weighted by molar-refractivity contribution is 0.0365. The number of likely N-dealkylation sites (N-methyl/N-ethyl adjacent to an activating group) is 1. The summed E-state index contributed by atoms with van der Waals surface area (Å²) in [5, 5.41) is 9.65. The average Bonchev–Trinajstić information content (AvgIpc) is 2.26. The fraction of sp³-hybridized carbons (Fsp3) is 0.417. The molecule has 0 fully saturated rings. The van der Waals surface area contributed by atoms with Gasteiger partial charge >= 0.3 is 0 Å². The van der Waals surface area contributed by atoms with E-state index in [1.165, 1.54) is 11.1 Å². The number of rotatable bonds is 4. The van der Waals surface area contributed by atoms with Crippen LogP contribution in [0.1, 0.15) is 29.9 Å². The van der Waals surface area contributed by atoms with E-state index in [0.717, 1.165) is 0 Å². The third kappa shape index (κ3) is 4.05. The minimum absolute atomic E-state index is 0.227. The van der Waals surface area contributed by atoms with Crippen molar-refractivity contribution < 1.29 is 9.90 Å². The van der Waals surface area contributed by atoms with Gasteiger partial charge in [0.15, 0.2) is 0 Å². The molecule has 0 aromatic carbocycles. The molecule has 1 aromatic heterocycles. The Bertz CT molecular complexity index is 451. The van der Waals surface area contributed by atoms with Crippen molar-refractivity contribution in [3.05, 3.63) is 29.6 Å². The zero-order chi connectivity index (χ0) is 13.9. The topological polar surface area (TPSA) is 79.5 Å². The van der Waals surface area contributed by atoms with Gasteiger partial charge in [-0.05, 0) is 26.0 Å². The molecule has 5 nitrogen and oxygen atoms in total. The summed E-state index contributed by atoms with van der Waals surface area (Å²) < 4.78 is 0. The molecule has 1 amide bonds. The number of hydrogen-bond donors (Lipinski definition) is 2. The summed E-state index contributed by atoms with van der Waals surface area (Å²) in [4.78, 5) is 17.7. The SMILES string of the molecule is CN(CC(C)(C)O)C(=O)c1ccc(C(N)=S)cn1. The maximum Gasteiger partial charge on any atom is 0.272 e. The van der Waals surface area contributed by atoms with Crippen LogP contribution >= 0.6 is 12.2 Å². The molecule has 3 N–H and O–H groups in total. The van der Waals surface area contributed by atoms with Crippen LogP contribution in [-0.4, -0.2) is 45.1 Å². The molecule has 0 atom stereocenters. The first-order valence-corrected chi connectivity index (χ1v) is 5.85. The second-order valence-corrected chi connectivity index (χ2v) is 5.21. The van der Waals surface area contributed by atoms with E-state index >= 15 is 0 Å². The van der Waals surface area contributed by atoms with E-state index in [-0.39, 0.29) is 17.4 Å². The van der Waals surface area contributed by atoms with Gasteiger partial charge in [-0.15, -0.1) is 0 Å². The molecule has 98 valence electrons. The van der Waals surface area contributed by atoms with E-state index in [9.17, 15) is 9.90 Å². The first-order chi connectivity index (χ1) is 8.20. The lowest BCUT2D eigenvalue weighted by atomic mass is 10.1. The van der Waals surface area contributed by atoms with E-state index in [2.05, 4.69) is 4.98 Å². The Balaban J connectivity index is 2.81. The quantitative estimate of drug-likeness (QED) is 0.779. The standard InChI is InChI=1S/C12H17N3O2S/c1-12(2,17)7-15(3)11(16)9-5-4-8(6-14-9)10(13)18/h4-6,17H,7H2,1-3H3,(H2,13,18). The van der Waals surface area contributed by atoms with Crippen LogP contribution in [0.4, 0.5) is 0 Å². The summed E-state index contributed by atoms with van der Waals surface area (Å²) in [5.41, 5.74) is 5.42. The fourth-order valence-corrected chi connectivity index (χ4v) is 1.63. The summed E-state index contributed by atoms with van der Waals surface area (Å²) in [7, 11) is 1.61. The molecule has 0 unspecified atom stereocenters. The molecule has 0 aliphatic carbocycles. The highest BCUT2D eigenvalue weighted by Gasteiger charge is 2.21. The van der Waals surface area contributed by atoms with Gasteiger partial charge in [0.2, 0.25) is 0 Å². The Kier molecular flexibility index (Phi) is 4.37. The van der Waals surface area contributed by atoms with E-state index in [1.807, 2.05) is 0 Å². The number of hydrogen-bond acceptors (Lipinski definition) is 4. The Labute approximate surface area is 112 Å². The molecule has 0 aliphatic rings. The lowest BCUT2D eigenvalue weighted by Crippen LogP contribution is -2.40. The number of nitrogens with two attached hydrogens (primary N) is 1. The van der Waals surface area contributed by atoms with Gasteiger partial charge in [0, 0.05) is 25.4 Å². The molecule has 0 spiro atoms. The first-order valence-electron chi connectivity index (χ1n) is 5.44. The van der Waals surface area contributed by atoms with Crippen LogP contribution in [0.15, 0.2) is 18.3 Å². The van der Waals surface area contributed by atoms with Gasteiger partial charge in [0.05, 0.1) is 5.60 Å². The van der Waals surface area contributed by atoms with Crippen LogP contribution in [0.2, 0.25) is 0 Å². The molecule has 0 bridgehead atoms. The molecule has 0 radical (unpaired) electrons. The van der Waals surface area contributed by atoms with Gasteiger partial charge in [-0.3, -0.25) is 9.78 Å². The van der Waals surface area contributed by atoms with E-state index in [4.69, 9.17) is 18.0 Å². The van der Waals surface area contributed by atoms with Gasteiger partial charge in [-0.25, -0.2) is 0 Å². The summed E-state index contributed by atoms with van der Waals surface area (Å²) in [5.74, 6) is -0.258. The monoisotopic (exact) mass is 267 g/mol. The number of amides is 1. The molecule has 0 saturated heterocycles.